The van der Waals surface area contributed by atoms with E-state index in [1.807, 2.05) is 12.1 Å². The van der Waals surface area contributed by atoms with Gasteiger partial charge in [0.1, 0.15) is 5.41 Å². The number of oxime groups is 1. The van der Waals surface area contributed by atoms with Crippen LogP contribution in [-0.2, 0) is 11.2 Å². The molecule has 6 nitrogen and oxygen atoms in total. The summed E-state index contributed by atoms with van der Waals surface area (Å²) >= 11 is 0. The van der Waals surface area contributed by atoms with Crippen molar-refractivity contribution < 1.29 is 10.0 Å². The maximum Gasteiger partial charge on any atom is 0.233 e. The minimum Gasteiger partial charge on any atom is -0.409 e. The zero-order valence-corrected chi connectivity index (χ0v) is 9.97. The molecule has 0 saturated heterocycles. The number of nitrogens with two attached hydrogens (primary N) is 1. The van der Waals surface area contributed by atoms with Gasteiger partial charge in [0, 0.05) is 18.9 Å². The number of hydrogen-bond donors (Lipinski definition) is 3. The van der Waals surface area contributed by atoms with Gasteiger partial charge in [0.25, 0.3) is 0 Å². The number of nitrogens with one attached hydrogen (secondary N) is 1. The molecule has 18 heavy (non-hydrogen) atoms. The molecule has 1 fully saturated rings. The Morgan fingerprint density at radius 3 is 2.72 bits per heavy atom. The summed E-state index contributed by atoms with van der Waals surface area (Å²) in [4.78, 5) is 15.8. The molecule has 0 aromatic carbocycles. The van der Waals surface area contributed by atoms with Crippen molar-refractivity contribution in [3.8, 4) is 0 Å². The lowest BCUT2D eigenvalue weighted by molar-refractivity contribution is -0.124. The first-order chi connectivity index (χ1) is 8.69. The van der Waals surface area contributed by atoms with Gasteiger partial charge in [0.15, 0.2) is 5.84 Å². The molecule has 1 aromatic heterocycles. The standard InChI is InChI=1S/C12H16N4O2/c13-10(16-18)12(4-5-12)11(17)15-8-3-9-1-6-14-7-2-9/h1-2,6-7,18H,3-5,8H2,(H2,13,16)(H,15,17). The van der Waals surface area contributed by atoms with E-state index in [9.17, 15) is 4.79 Å². The molecular weight excluding hydrogens is 232 g/mol. The molecule has 1 heterocycles. The predicted molar refractivity (Wildman–Crippen MR) is 66.0 cm³/mol. The van der Waals surface area contributed by atoms with E-state index >= 15 is 0 Å². The topological polar surface area (TPSA) is 101 Å². The van der Waals surface area contributed by atoms with E-state index in [0.29, 0.717) is 19.4 Å². The van der Waals surface area contributed by atoms with E-state index in [1.54, 1.807) is 12.4 Å². The summed E-state index contributed by atoms with van der Waals surface area (Å²) in [6, 6.07) is 3.81. The number of nitrogens with zero attached hydrogens (tertiary/aromatic N) is 2. The van der Waals surface area contributed by atoms with Gasteiger partial charge in [-0.15, -0.1) is 0 Å². The van der Waals surface area contributed by atoms with Crippen molar-refractivity contribution in [1.29, 1.82) is 0 Å². The second-order valence-electron chi connectivity index (χ2n) is 4.43. The van der Waals surface area contributed by atoms with E-state index in [1.165, 1.54) is 0 Å². The fourth-order valence-electron chi connectivity index (χ4n) is 1.86. The lowest BCUT2D eigenvalue weighted by atomic mass is 10.1. The number of aromatic nitrogens is 1. The molecule has 0 radical (unpaired) electrons. The summed E-state index contributed by atoms with van der Waals surface area (Å²) < 4.78 is 0. The Morgan fingerprint density at radius 2 is 2.17 bits per heavy atom. The van der Waals surface area contributed by atoms with Gasteiger partial charge in [0.2, 0.25) is 5.91 Å². The van der Waals surface area contributed by atoms with Crippen LogP contribution in [0.1, 0.15) is 18.4 Å². The van der Waals surface area contributed by atoms with Crippen molar-refractivity contribution in [2.24, 2.45) is 16.3 Å². The first kappa shape index (κ1) is 12.3. The second-order valence-corrected chi connectivity index (χ2v) is 4.43. The van der Waals surface area contributed by atoms with Gasteiger partial charge in [0.05, 0.1) is 0 Å². The molecule has 4 N–H and O–H groups in total. The molecule has 0 aliphatic heterocycles. The van der Waals surface area contributed by atoms with Crippen molar-refractivity contribution in [3.05, 3.63) is 30.1 Å². The maximum absolute atomic E-state index is 11.9. The number of carbonyl (C=O) groups excluding carboxylic acids is 1. The van der Waals surface area contributed by atoms with Gasteiger partial charge < -0.3 is 16.3 Å². The van der Waals surface area contributed by atoms with E-state index in [-0.39, 0.29) is 11.7 Å². The molecule has 1 amide bonds. The highest BCUT2D eigenvalue weighted by Crippen LogP contribution is 2.45. The second kappa shape index (κ2) is 5.03. The third-order valence-corrected chi connectivity index (χ3v) is 3.23. The maximum atomic E-state index is 11.9. The number of hydrogen-bond acceptors (Lipinski definition) is 4. The van der Waals surface area contributed by atoms with Crippen molar-refractivity contribution in [2.45, 2.75) is 19.3 Å². The number of amidine groups is 1. The first-order valence-electron chi connectivity index (χ1n) is 5.84. The van der Waals surface area contributed by atoms with Crippen LogP contribution in [0.25, 0.3) is 0 Å². The van der Waals surface area contributed by atoms with Crippen LogP contribution in [0, 0.1) is 5.41 Å². The van der Waals surface area contributed by atoms with Crippen molar-refractivity contribution in [3.63, 3.8) is 0 Å². The Hall–Kier alpha value is -2.11. The third-order valence-electron chi connectivity index (χ3n) is 3.23. The fourth-order valence-corrected chi connectivity index (χ4v) is 1.86. The Bertz CT molecular complexity index is 454. The van der Waals surface area contributed by atoms with Gasteiger partial charge in [-0.1, -0.05) is 5.16 Å². The summed E-state index contributed by atoms with van der Waals surface area (Å²) in [5.41, 5.74) is 5.87. The van der Waals surface area contributed by atoms with E-state index in [2.05, 4.69) is 15.5 Å². The zero-order valence-electron chi connectivity index (χ0n) is 9.97. The highest BCUT2D eigenvalue weighted by atomic mass is 16.4. The van der Waals surface area contributed by atoms with Gasteiger partial charge in [-0.05, 0) is 37.0 Å². The average Bonchev–Trinajstić information content (AvgIpc) is 3.20. The minimum atomic E-state index is -0.771. The summed E-state index contributed by atoms with van der Waals surface area (Å²) in [5.74, 6) is -0.157. The van der Waals surface area contributed by atoms with Crippen molar-refractivity contribution in [2.75, 3.05) is 6.54 Å². The quantitative estimate of drug-likeness (QED) is 0.301. The van der Waals surface area contributed by atoms with Crippen LogP contribution in [0.4, 0.5) is 0 Å². The molecule has 0 atom stereocenters. The fraction of sp³-hybridized carbons (Fsp3) is 0.417. The molecule has 96 valence electrons. The van der Waals surface area contributed by atoms with Gasteiger partial charge >= 0.3 is 0 Å². The van der Waals surface area contributed by atoms with E-state index in [0.717, 1.165) is 12.0 Å². The monoisotopic (exact) mass is 248 g/mol. The molecule has 0 spiro atoms. The molecule has 2 rings (SSSR count). The minimum absolute atomic E-state index is 0.00362. The SMILES string of the molecule is N/C(=N/O)C1(C(=O)NCCc2ccncc2)CC1. The molecule has 0 bridgehead atoms. The molecule has 1 aliphatic carbocycles. The summed E-state index contributed by atoms with van der Waals surface area (Å²) in [6.45, 7) is 0.531. The Morgan fingerprint density at radius 1 is 1.50 bits per heavy atom. The molecule has 1 aromatic rings. The van der Waals surface area contributed by atoms with Crippen LogP contribution in [-0.4, -0.2) is 28.5 Å². The summed E-state index contributed by atoms with van der Waals surface area (Å²) in [6.07, 6.45) is 5.46. The molecule has 0 unspecified atom stereocenters. The summed E-state index contributed by atoms with van der Waals surface area (Å²) in [5, 5.41) is 14.4. The normalized spacial score (nSPS) is 17.2. The highest BCUT2D eigenvalue weighted by Gasteiger charge is 2.53. The van der Waals surface area contributed by atoms with Crippen LogP contribution in [0.2, 0.25) is 0 Å². The van der Waals surface area contributed by atoms with Crippen LogP contribution < -0.4 is 11.1 Å². The van der Waals surface area contributed by atoms with Crippen LogP contribution in [0.5, 0.6) is 0 Å². The Balaban J connectivity index is 1.83. The Labute approximate surface area is 105 Å². The lowest BCUT2D eigenvalue weighted by Gasteiger charge is -2.13. The van der Waals surface area contributed by atoms with E-state index < -0.39 is 5.41 Å². The molecule has 1 aliphatic rings. The van der Waals surface area contributed by atoms with Gasteiger partial charge in [-0.3, -0.25) is 9.78 Å². The first-order valence-corrected chi connectivity index (χ1v) is 5.84. The van der Waals surface area contributed by atoms with Gasteiger partial charge in [-0.2, -0.15) is 0 Å². The number of amides is 1. The average molecular weight is 248 g/mol. The van der Waals surface area contributed by atoms with Crippen molar-refractivity contribution in [1.82, 2.24) is 10.3 Å². The molecule has 6 heteroatoms. The van der Waals surface area contributed by atoms with Crippen LogP contribution in [0.3, 0.4) is 0 Å². The number of rotatable bonds is 5. The number of pyridine rings is 1. The summed E-state index contributed by atoms with van der Waals surface area (Å²) in [7, 11) is 0. The van der Waals surface area contributed by atoms with Crippen LogP contribution in [0.15, 0.2) is 29.7 Å². The van der Waals surface area contributed by atoms with Gasteiger partial charge in [-0.25, -0.2) is 0 Å². The predicted octanol–water partition coefficient (Wildman–Crippen LogP) is 0.267. The Kier molecular flexibility index (Phi) is 3.45. The molecule has 1 saturated carbocycles. The lowest BCUT2D eigenvalue weighted by Crippen LogP contribution is -2.41. The smallest absolute Gasteiger partial charge is 0.233 e. The van der Waals surface area contributed by atoms with Crippen molar-refractivity contribution >= 4 is 11.7 Å². The molecular formula is C12H16N4O2. The highest BCUT2D eigenvalue weighted by molar-refractivity contribution is 6.09. The largest absolute Gasteiger partial charge is 0.409 e. The van der Waals surface area contributed by atoms with E-state index in [4.69, 9.17) is 10.9 Å². The third kappa shape index (κ3) is 2.42. The number of carbonyl (C=O) groups is 1. The van der Waals surface area contributed by atoms with Crippen LogP contribution >= 0.6 is 0 Å². The zero-order chi connectivity index (χ0) is 13.0.